The molecule has 0 saturated carbocycles. The molecule has 1 unspecified atom stereocenters. The van der Waals surface area contributed by atoms with Gasteiger partial charge >= 0.3 is 5.97 Å². The van der Waals surface area contributed by atoms with Crippen LogP contribution in [-0.2, 0) is 16.1 Å². The van der Waals surface area contributed by atoms with Crippen LogP contribution in [0.1, 0.15) is 63.6 Å². The van der Waals surface area contributed by atoms with E-state index in [9.17, 15) is 4.79 Å². The number of fused-ring (bicyclic) bond motifs is 1. The maximum absolute atomic E-state index is 13.2. The predicted octanol–water partition coefficient (Wildman–Crippen LogP) is 7.69. The van der Waals surface area contributed by atoms with Crippen molar-refractivity contribution < 1.29 is 14.3 Å². The first-order valence-corrected chi connectivity index (χ1v) is 14.6. The van der Waals surface area contributed by atoms with Gasteiger partial charge in [-0.15, -0.1) is 5.10 Å². The van der Waals surface area contributed by atoms with Crippen LogP contribution in [0.4, 0.5) is 5.95 Å². The minimum absolute atomic E-state index is 0.241. The predicted molar refractivity (Wildman–Crippen MR) is 153 cm³/mol. The van der Waals surface area contributed by atoms with Crippen molar-refractivity contribution in [3.05, 3.63) is 74.9 Å². The molecular formula is C28H32Cl2N4O3S. The van der Waals surface area contributed by atoms with E-state index >= 15 is 0 Å². The molecule has 1 aliphatic heterocycles. The Morgan fingerprint density at radius 1 is 1.08 bits per heavy atom. The summed E-state index contributed by atoms with van der Waals surface area (Å²) in [5.74, 6) is 1.83. The van der Waals surface area contributed by atoms with Gasteiger partial charge in [-0.1, -0.05) is 79.9 Å². The lowest BCUT2D eigenvalue weighted by Gasteiger charge is -2.28. The number of thioether (sulfide) groups is 1. The molecule has 1 aromatic heterocycles. The molecular weight excluding hydrogens is 543 g/mol. The molecule has 1 aliphatic rings. The number of nitrogens with zero attached hydrogens (tertiary/aromatic N) is 3. The highest BCUT2D eigenvalue weighted by Gasteiger charge is 2.35. The lowest BCUT2D eigenvalue weighted by atomic mass is 9.96. The molecule has 38 heavy (non-hydrogen) atoms. The Kier molecular flexibility index (Phi) is 9.99. The van der Waals surface area contributed by atoms with Gasteiger partial charge in [0.15, 0.2) is 0 Å². The molecule has 10 heteroatoms. The molecule has 3 aromatic rings. The topological polar surface area (TPSA) is 78.3 Å². The van der Waals surface area contributed by atoms with Crippen molar-refractivity contribution in [2.24, 2.45) is 0 Å². The number of halogens is 2. The van der Waals surface area contributed by atoms with Crippen LogP contribution in [0.5, 0.6) is 5.75 Å². The van der Waals surface area contributed by atoms with Gasteiger partial charge in [0.1, 0.15) is 18.4 Å². The first-order chi connectivity index (χ1) is 18.4. The zero-order chi connectivity index (χ0) is 27.1. The highest BCUT2D eigenvalue weighted by molar-refractivity contribution is 7.99. The molecule has 1 N–H and O–H groups in total. The van der Waals surface area contributed by atoms with E-state index < -0.39 is 6.04 Å². The number of benzene rings is 2. The van der Waals surface area contributed by atoms with Crippen LogP contribution in [0.15, 0.2) is 58.9 Å². The van der Waals surface area contributed by atoms with Crippen LogP contribution in [0.2, 0.25) is 10.0 Å². The standard InChI is InChI=1S/C28H32Cl2N4O3S/c1-4-6-15-36-26(35)24-18(3)31-27-32-28(38-16-7-5-2)33-34(27)25(24)19-11-13-20(14-12-19)37-17-21-22(29)9-8-10-23(21)30/h8-14,25H,4-7,15-17H2,1-3H3,(H,31,32,33). The third-order valence-electron chi connectivity index (χ3n) is 6.15. The number of hydrogen-bond donors (Lipinski definition) is 1. The van der Waals surface area contributed by atoms with Gasteiger partial charge in [0.05, 0.1) is 12.2 Å². The Bertz CT molecular complexity index is 1270. The van der Waals surface area contributed by atoms with E-state index in [4.69, 9.17) is 37.8 Å². The zero-order valence-corrected chi connectivity index (χ0v) is 24.1. The van der Waals surface area contributed by atoms with Crippen LogP contribution in [0, 0.1) is 0 Å². The summed E-state index contributed by atoms with van der Waals surface area (Å²) in [6.07, 6.45) is 3.94. The summed E-state index contributed by atoms with van der Waals surface area (Å²) in [5.41, 5.74) is 2.82. The molecule has 0 saturated heterocycles. The SMILES string of the molecule is CCCCOC(=O)C1=C(C)Nc2nc(SCCCC)nn2C1c1ccc(OCc2c(Cl)cccc2Cl)cc1. The van der Waals surface area contributed by atoms with Crippen molar-refractivity contribution in [3.8, 4) is 5.75 Å². The van der Waals surface area contributed by atoms with Crippen molar-refractivity contribution in [3.63, 3.8) is 0 Å². The molecule has 0 bridgehead atoms. The number of nitrogens with one attached hydrogen (secondary N) is 1. The zero-order valence-electron chi connectivity index (χ0n) is 21.8. The molecule has 0 spiro atoms. The maximum atomic E-state index is 13.2. The normalized spacial score (nSPS) is 14.7. The van der Waals surface area contributed by atoms with Crippen LogP contribution in [-0.4, -0.2) is 33.1 Å². The highest BCUT2D eigenvalue weighted by atomic mass is 35.5. The Morgan fingerprint density at radius 3 is 2.47 bits per heavy atom. The summed E-state index contributed by atoms with van der Waals surface area (Å²) < 4.78 is 13.4. The van der Waals surface area contributed by atoms with Gasteiger partial charge in [0, 0.05) is 27.1 Å². The van der Waals surface area contributed by atoms with Crippen LogP contribution >= 0.6 is 35.0 Å². The summed E-state index contributed by atoms with van der Waals surface area (Å²) in [7, 11) is 0. The van der Waals surface area contributed by atoms with E-state index in [0.717, 1.165) is 42.6 Å². The number of carbonyl (C=O) groups excluding carboxylic acids is 1. The number of unbranched alkanes of at least 4 members (excludes halogenated alkanes) is 2. The Hall–Kier alpha value is -2.68. The van der Waals surface area contributed by atoms with Crippen LogP contribution < -0.4 is 10.1 Å². The van der Waals surface area contributed by atoms with Gasteiger partial charge in [-0.25, -0.2) is 9.48 Å². The van der Waals surface area contributed by atoms with Gasteiger partial charge in [-0.3, -0.25) is 0 Å². The quantitative estimate of drug-likeness (QED) is 0.135. The fraction of sp³-hybridized carbons (Fsp3) is 0.393. The number of anilines is 1. The summed E-state index contributed by atoms with van der Waals surface area (Å²) >= 11 is 14.2. The van der Waals surface area contributed by atoms with Gasteiger partial charge in [0.2, 0.25) is 11.1 Å². The van der Waals surface area contributed by atoms with Crippen molar-refractivity contribution in [2.45, 2.75) is 64.3 Å². The smallest absolute Gasteiger partial charge is 0.338 e. The average Bonchev–Trinajstić information content (AvgIpc) is 3.30. The minimum Gasteiger partial charge on any atom is -0.489 e. The molecule has 0 aliphatic carbocycles. The fourth-order valence-electron chi connectivity index (χ4n) is 4.03. The second kappa shape index (κ2) is 13.4. The number of rotatable bonds is 12. The third kappa shape index (κ3) is 6.65. The van der Waals surface area contributed by atoms with E-state index in [-0.39, 0.29) is 12.6 Å². The molecule has 0 radical (unpaired) electrons. The molecule has 0 fully saturated rings. The lowest BCUT2D eigenvalue weighted by molar-refractivity contribution is -0.139. The van der Waals surface area contributed by atoms with Gasteiger partial charge < -0.3 is 14.8 Å². The number of esters is 1. The molecule has 4 rings (SSSR count). The molecule has 7 nitrogen and oxygen atoms in total. The molecule has 202 valence electrons. The van der Waals surface area contributed by atoms with E-state index in [1.165, 1.54) is 0 Å². The van der Waals surface area contributed by atoms with Crippen molar-refractivity contribution in [2.75, 3.05) is 17.7 Å². The second-order valence-corrected chi connectivity index (χ2v) is 10.9. The number of aromatic nitrogens is 3. The first kappa shape index (κ1) is 28.3. The van der Waals surface area contributed by atoms with Gasteiger partial charge in [-0.2, -0.15) is 4.98 Å². The van der Waals surface area contributed by atoms with Crippen LogP contribution in [0.3, 0.4) is 0 Å². The van der Waals surface area contributed by atoms with Crippen molar-refractivity contribution >= 4 is 46.9 Å². The molecule has 2 heterocycles. The van der Waals surface area contributed by atoms with E-state index in [1.54, 1.807) is 34.6 Å². The second-order valence-electron chi connectivity index (χ2n) is 8.98. The van der Waals surface area contributed by atoms with Crippen LogP contribution in [0.25, 0.3) is 0 Å². The largest absolute Gasteiger partial charge is 0.489 e. The summed E-state index contributed by atoms with van der Waals surface area (Å²) in [5, 5.41) is 9.81. The fourth-order valence-corrected chi connectivity index (χ4v) is 5.45. The average molecular weight is 576 g/mol. The summed E-state index contributed by atoms with van der Waals surface area (Å²) in [6.45, 7) is 6.70. The van der Waals surface area contributed by atoms with E-state index in [1.807, 2.05) is 31.2 Å². The highest BCUT2D eigenvalue weighted by Crippen LogP contribution is 2.37. The monoisotopic (exact) mass is 574 g/mol. The van der Waals surface area contributed by atoms with Crippen molar-refractivity contribution in [1.82, 2.24) is 14.8 Å². The summed E-state index contributed by atoms with van der Waals surface area (Å²) in [4.78, 5) is 17.9. The molecule has 0 amide bonds. The number of carbonyl (C=O) groups is 1. The Morgan fingerprint density at radius 2 is 1.79 bits per heavy atom. The van der Waals surface area contributed by atoms with Gasteiger partial charge in [-0.05, 0) is 49.6 Å². The Balaban J connectivity index is 1.61. The third-order valence-corrected chi connectivity index (χ3v) is 7.79. The molecule has 2 aromatic carbocycles. The van der Waals surface area contributed by atoms with E-state index in [2.05, 4.69) is 24.1 Å². The minimum atomic E-state index is -0.486. The Labute approximate surface area is 237 Å². The van der Waals surface area contributed by atoms with Gasteiger partial charge in [0.25, 0.3) is 0 Å². The van der Waals surface area contributed by atoms with Crippen molar-refractivity contribution in [1.29, 1.82) is 0 Å². The van der Waals surface area contributed by atoms with E-state index in [0.29, 0.717) is 44.8 Å². The molecule has 1 atom stereocenters. The maximum Gasteiger partial charge on any atom is 0.338 e. The number of ether oxygens (including phenoxy) is 2. The number of hydrogen-bond acceptors (Lipinski definition) is 7. The number of allylic oxidation sites excluding steroid dienone is 1. The summed E-state index contributed by atoms with van der Waals surface area (Å²) in [6, 6.07) is 12.5. The first-order valence-electron chi connectivity index (χ1n) is 12.8. The lowest BCUT2D eigenvalue weighted by Crippen LogP contribution is -2.29.